The van der Waals surface area contributed by atoms with Gasteiger partial charge >= 0.3 is 0 Å². The van der Waals surface area contributed by atoms with Crippen LogP contribution in [0.2, 0.25) is 0 Å². The second-order valence-corrected chi connectivity index (χ2v) is 3.84. The first-order valence-electron chi connectivity index (χ1n) is 5.84. The average molecular weight is 260 g/mol. The van der Waals surface area contributed by atoms with Gasteiger partial charge in [-0.2, -0.15) is 0 Å². The lowest BCUT2D eigenvalue weighted by molar-refractivity contribution is 0.112. The molecule has 0 aliphatic carbocycles. The van der Waals surface area contributed by atoms with Gasteiger partial charge in [-0.05, 0) is 36.4 Å². The molecule has 0 saturated heterocycles. The summed E-state index contributed by atoms with van der Waals surface area (Å²) < 4.78 is 23.5. The van der Waals surface area contributed by atoms with Crippen LogP contribution < -0.4 is 9.47 Å². The van der Waals surface area contributed by atoms with Crippen molar-refractivity contribution in [3.05, 3.63) is 59.9 Å². The van der Waals surface area contributed by atoms with Gasteiger partial charge in [-0.15, -0.1) is 0 Å². The maximum Gasteiger partial charge on any atom is 0.150 e. The molecule has 3 nitrogen and oxygen atoms in total. The van der Waals surface area contributed by atoms with Crippen LogP contribution in [0.25, 0.3) is 0 Å². The molecule has 0 atom stereocenters. The zero-order chi connectivity index (χ0) is 13.5. The van der Waals surface area contributed by atoms with Gasteiger partial charge in [0, 0.05) is 5.56 Å². The maximum absolute atomic E-state index is 12.7. The zero-order valence-corrected chi connectivity index (χ0v) is 10.2. The topological polar surface area (TPSA) is 35.5 Å². The van der Waals surface area contributed by atoms with E-state index in [4.69, 9.17) is 9.47 Å². The summed E-state index contributed by atoms with van der Waals surface area (Å²) in [5.41, 5.74) is 0.567. The van der Waals surface area contributed by atoms with Gasteiger partial charge in [-0.3, -0.25) is 4.79 Å². The Morgan fingerprint density at radius 1 is 0.947 bits per heavy atom. The number of ether oxygens (including phenoxy) is 2. The van der Waals surface area contributed by atoms with Gasteiger partial charge in [0.1, 0.15) is 36.8 Å². The Morgan fingerprint density at radius 2 is 1.63 bits per heavy atom. The summed E-state index contributed by atoms with van der Waals surface area (Å²) in [7, 11) is 0. The molecule has 0 heterocycles. The Labute approximate surface area is 110 Å². The molecule has 0 aromatic heterocycles. The van der Waals surface area contributed by atoms with Crippen LogP contribution in [0.5, 0.6) is 11.5 Å². The molecule has 2 aromatic rings. The fourth-order valence-electron chi connectivity index (χ4n) is 1.53. The average Bonchev–Trinajstić information content (AvgIpc) is 2.46. The third-order valence-electron chi connectivity index (χ3n) is 2.43. The standard InChI is InChI=1S/C15H13FO3/c16-13-4-6-14(7-5-13)18-8-9-19-15-3-1-2-12(10-15)11-17/h1-7,10-11H,8-9H2. The second-order valence-electron chi connectivity index (χ2n) is 3.84. The van der Waals surface area contributed by atoms with Gasteiger partial charge in [0.2, 0.25) is 0 Å². The van der Waals surface area contributed by atoms with Gasteiger partial charge in [-0.25, -0.2) is 4.39 Å². The Morgan fingerprint density at radius 3 is 2.32 bits per heavy atom. The van der Waals surface area contributed by atoms with Crippen LogP contribution in [-0.4, -0.2) is 19.5 Å². The number of rotatable bonds is 6. The Hall–Kier alpha value is -2.36. The first kappa shape index (κ1) is 13.1. The van der Waals surface area contributed by atoms with E-state index in [0.29, 0.717) is 30.3 Å². The highest BCUT2D eigenvalue weighted by molar-refractivity contribution is 5.75. The Kier molecular flexibility index (Phi) is 4.50. The molecule has 4 heteroatoms. The lowest BCUT2D eigenvalue weighted by Crippen LogP contribution is -2.09. The van der Waals surface area contributed by atoms with Crippen LogP contribution in [0.3, 0.4) is 0 Å². The summed E-state index contributed by atoms with van der Waals surface area (Å²) in [6, 6.07) is 12.7. The molecule has 0 spiro atoms. The van der Waals surface area contributed by atoms with Crippen molar-refractivity contribution in [1.82, 2.24) is 0 Å². The molecule has 0 saturated carbocycles. The molecule has 19 heavy (non-hydrogen) atoms. The number of hydrogen-bond donors (Lipinski definition) is 0. The van der Waals surface area contributed by atoms with E-state index in [1.807, 2.05) is 0 Å². The fraction of sp³-hybridized carbons (Fsp3) is 0.133. The molecule has 0 bridgehead atoms. The quantitative estimate of drug-likeness (QED) is 0.591. The molecule has 2 rings (SSSR count). The summed E-state index contributed by atoms with van der Waals surface area (Å²) in [6.45, 7) is 0.691. The highest BCUT2D eigenvalue weighted by atomic mass is 19.1. The third-order valence-corrected chi connectivity index (χ3v) is 2.43. The molecule has 98 valence electrons. The molecule has 0 unspecified atom stereocenters. The second kappa shape index (κ2) is 6.54. The Balaban J connectivity index is 1.77. The van der Waals surface area contributed by atoms with Gasteiger partial charge < -0.3 is 9.47 Å². The van der Waals surface area contributed by atoms with Crippen molar-refractivity contribution >= 4 is 6.29 Å². The fourth-order valence-corrected chi connectivity index (χ4v) is 1.53. The predicted molar refractivity (Wildman–Crippen MR) is 69.2 cm³/mol. The largest absolute Gasteiger partial charge is 0.490 e. The monoisotopic (exact) mass is 260 g/mol. The van der Waals surface area contributed by atoms with E-state index in [9.17, 15) is 9.18 Å². The first-order valence-corrected chi connectivity index (χ1v) is 5.84. The first-order chi connectivity index (χ1) is 9.28. The van der Waals surface area contributed by atoms with Crippen LogP contribution in [0.15, 0.2) is 48.5 Å². The predicted octanol–water partition coefficient (Wildman–Crippen LogP) is 3.10. The molecule has 0 aliphatic rings. The molecule has 2 aromatic carbocycles. The van der Waals surface area contributed by atoms with E-state index >= 15 is 0 Å². The highest BCUT2D eigenvalue weighted by Gasteiger charge is 1.97. The highest BCUT2D eigenvalue weighted by Crippen LogP contribution is 2.13. The summed E-state index contributed by atoms with van der Waals surface area (Å²) in [5, 5.41) is 0. The van der Waals surface area contributed by atoms with Crippen LogP contribution in [0.4, 0.5) is 4.39 Å². The van der Waals surface area contributed by atoms with Crippen LogP contribution in [-0.2, 0) is 0 Å². The van der Waals surface area contributed by atoms with Crippen molar-refractivity contribution in [1.29, 1.82) is 0 Å². The number of hydrogen-bond acceptors (Lipinski definition) is 3. The number of halogens is 1. The zero-order valence-electron chi connectivity index (χ0n) is 10.2. The number of aldehydes is 1. The molecule has 0 aliphatic heterocycles. The smallest absolute Gasteiger partial charge is 0.150 e. The van der Waals surface area contributed by atoms with Crippen molar-refractivity contribution in [3.8, 4) is 11.5 Å². The lowest BCUT2D eigenvalue weighted by atomic mass is 10.2. The summed E-state index contributed by atoms with van der Waals surface area (Å²) in [4.78, 5) is 10.6. The minimum absolute atomic E-state index is 0.297. The van der Waals surface area contributed by atoms with Crippen molar-refractivity contribution in [2.75, 3.05) is 13.2 Å². The molecule has 0 amide bonds. The molecular formula is C15H13FO3. The molecular weight excluding hydrogens is 247 g/mol. The van der Waals surface area contributed by atoms with Crippen molar-refractivity contribution in [2.24, 2.45) is 0 Å². The van der Waals surface area contributed by atoms with Crippen molar-refractivity contribution < 1.29 is 18.7 Å². The minimum Gasteiger partial charge on any atom is -0.490 e. The normalized spacial score (nSPS) is 9.95. The minimum atomic E-state index is -0.297. The Bertz CT molecular complexity index is 537. The molecule has 0 N–H and O–H groups in total. The third kappa shape index (κ3) is 4.10. The van der Waals surface area contributed by atoms with Gasteiger partial charge in [0.05, 0.1) is 0 Å². The van der Waals surface area contributed by atoms with E-state index in [0.717, 1.165) is 6.29 Å². The number of carbonyl (C=O) groups is 1. The van der Waals surface area contributed by atoms with Crippen LogP contribution in [0.1, 0.15) is 10.4 Å². The van der Waals surface area contributed by atoms with E-state index in [-0.39, 0.29) is 5.82 Å². The van der Waals surface area contributed by atoms with E-state index in [2.05, 4.69) is 0 Å². The van der Waals surface area contributed by atoms with Gasteiger partial charge in [0.15, 0.2) is 0 Å². The van der Waals surface area contributed by atoms with Crippen LogP contribution in [0, 0.1) is 5.82 Å². The summed E-state index contributed by atoms with van der Waals surface area (Å²) in [5.74, 6) is 0.910. The maximum atomic E-state index is 12.7. The van der Waals surface area contributed by atoms with Gasteiger partial charge in [-0.1, -0.05) is 12.1 Å². The molecule has 0 fully saturated rings. The van der Waals surface area contributed by atoms with E-state index < -0.39 is 0 Å². The van der Waals surface area contributed by atoms with Gasteiger partial charge in [0.25, 0.3) is 0 Å². The summed E-state index contributed by atoms with van der Waals surface area (Å²) >= 11 is 0. The summed E-state index contributed by atoms with van der Waals surface area (Å²) in [6.07, 6.45) is 0.766. The molecule has 0 radical (unpaired) electrons. The number of benzene rings is 2. The van der Waals surface area contributed by atoms with E-state index in [1.165, 1.54) is 12.1 Å². The number of carbonyl (C=O) groups excluding carboxylic acids is 1. The van der Waals surface area contributed by atoms with Crippen molar-refractivity contribution in [3.63, 3.8) is 0 Å². The SMILES string of the molecule is O=Cc1cccc(OCCOc2ccc(F)cc2)c1. The van der Waals surface area contributed by atoms with Crippen LogP contribution >= 0.6 is 0 Å². The lowest BCUT2D eigenvalue weighted by Gasteiger charge is -2.08. The van der Waals surface area contributed by atoms with Crippen molar-refractivity contribution in [2.45, 2.75) is 0 Å². The van der Waals surface area contributed by atoms with E-state index in [1.54, 1.807) is 36.4 Å².